The molecule has 1 saturated heterocycles. The second-order valence-corrected chi connectivity index (χ2v) is 6.21. The summed E-state index contributed by atoms with van der Waals surface area (Å²) in [4.78, 5) is 14.3. The van der Waals surface area contributed by atoms with Gasteiger partial charge in [-0.1, -0.05) is 24.3 Å². The summed E-state index contributed by atoms with van der Waals surface area (Å²) >= 11 is 0. The van der Waals surface area contributed by atoms with Crippen molar-refractivity contribution in [3.05, 3.63) is 59.4 Å². The van der Waals surface area contributed by atoms with E-state index < -0.39 is 0 Å². The van der Waals surface area contributed by atoms with Crippen molar-refractivity contribution in [3.8, 4) is 11.5 Å². The summed E-state index contributed by atoms with van der Waals surface area (Å²) < 4.78 is 24.5. The monoisotopic (exact) mass is 327 g/mol. The molecule has 2 aliphatic heterocycles. The van der Waals surface area contributed by atoms with Crippen molar-refractivity contribution in [2.24, 2.45) is 0 Å². The summed E-state index contributed by atoms with van der Waals surface area (Å²) in [7, 11) is 0. The van der Waals surface area contributed by atoms with Crippen LogP contribution in [0.4, 0.5) is 4.39 Å². The fourth-order valence-electron chi connectivity index (χ4n) is 3.34. The van der Waals surface area contributed by atoms with Crippen LogP contribution in [0.2, 0.25) is 0 Å². The van der Waals surface area contributed by atoms with E-state index >= 15 is 0 Å². The highest BCUT2D eigenvalue weighted by Gasteiger charge is 2.28. The molecule has 0 spiro atoms. The highest BCUT2D eigenvalue weighted by molar-refractivity contribution is 5.79. The van der Waals surface area contributed by atoms with Crippen LogP contribution >= 0.6 is 0 Å². The maximum atomic E-state index is 13.7. The average Bonchev–Trinajstić information content (AvgIpc) is 3.25. The van der Waals surface area contributed by atoms with Crippen molar-refractivity contribution >= 4 is 5.91 Å². The molecule has 0 aliphatic carbocycles. The zero-order valence-electron chi connectivity index (χ0n) is 13.2. The van der Waals surface area contributed by atoms with Crippen LogP contribution in [0.3, 0.4) is 0 Å². The predicted molar refractivity (Wildman–Crippen MR) is 86.6 cm³/mol. The molecule has 0 aromatic heterocycles. The highest BCUT2D eigenvalue weighted by Crippen LogP contribution is 2.37. The fraction of sp³-hybridized carbons (Fsp3) is 0.316. The van der Waals surface area contributed by atoms with E-state index in [2.05, 4.69) is 0 Å². The number of fused-ring (bicyclic) bond motifs is 1. The fourth-order valence-corrected chi connectivity index (χ4v) is 3.34. The molecule has 4 nitrogen and oxygen atoms in total. The molecule has 24 heavy (non-hydrogen) atoms. The van der Waals surface area contributed by atoms with E-state index in [1.807, 2.05) is 23.1 Å². The first-order chi connectivity index (χ1) is 11.7. The van der Waals surface area contributed by atoms with Crippen LogP contribution < -0.4 is 9.47 Å². The molecule has 2 aliphatic rings. The lowest BCUT2D eigenvalue weighted by molar-refractivity contribution is -0.129. The molecule has 0 unspecified atom stereocenters. The van der Waals surface area contributed by atoms with Gasteiger partial charge in [-0.3, -0.25) is 4.79 Å². The molecular formula is C19H18FNO3. The average molecular weight is 327 g/mol. The molecule has 0 radical (unpaired) electrons. The maximum absolute atomic E-state index is 13.7. The van der Waals surface area contributed by atoms with Crippen molar-refractivity contribution in [1.29, 1.82) is 0 Å². The van der Waals surface area contributed by atoms with Gasteiger partial charge in [0.2, 0.25) is 12.7 Å². The SMILES string of the molecule is O=C(Cc1ccccc1F)N1CC[C@@H](c2ccc3c(c2)OCO3)C1. The number of rotatable bonds is 3. The number of amides is 1. The third-order valence-corrected chi connectivity index (χ3v) is 4.71. The van der Waals surface area contributed by atoms with E-state index in [-0.39, 0.29) is 30.9 Å². The van der Waals surface area contributed by atoms with Crippen LogP contribution in [-0.2, 0) is 11.2 Å². The largest absolute Gasteiger partial charge is 0.454 e. The van der Waals surface area contributed by atoms with Gasteiger partial charge in [0.1, 0.15) is 5.82 Å². The van der Waals surface area contributed by atoms with Gasteiger partial charge in [0, 0.05) is 19.0 Å². The van der Waals surface area contributed by atoms with Gasteiger partial charge in [-0.25, -0.2) is 4.39 Å². The number of benzene rings is 2. The Morgan fingerprint density at radius 3 is 2.88 bits per heavy atom. The van der Waals surface area contributed by atoms with Gasteiger partial charge in [-0.05, 0) is 35.7 Å². The minimum atomic E-state index is -0.322. The van der Waals surface area contributed by atoms with Gasteiger partial charge < -0.3 is 14.4 Å². The third-order valence-electron chi connectivity index (χ3n) is 4.71. The zero-order chi connectivity index (χ0) is 16.5. The molecule has 2 aromatic rings. The van der Waals surface area contributed by atoms with Crippen LogP contribution in [0, 0.1) is 5.82 Å². The molecule has 0 bridgehead atoms. The van der Waals surface area contributed by atoms with Crippen molar-refractivity contribution in [2.45, 2.75) is 18.8 Å². The third kappa shape index (κ3) is 2.82. The van der Waals surface area contributed by atoms with Gasteiger partial charge in [0.15, 0.2) is 11.5 Å². The van der Waals surface area contributed by atoms with Gasteiger partial charge >= 0.3 is 0 Å². The minimum absolute atomic E-state index is 0.0247. The van der Waals surface area contributed by atoms with E-state index in [1.54, 1.807) is 18.2 Å². The number of ether oxygens (including phenoxy) is 2. The lowest BCUT2D eigenvalue weighted by Crippen LogP contribution is -2.30. The Kier molecular flexibility index (Phi) is 3.84. The first kappa shape index (κ1) is 15.0. The van der Waals surface area contributed by atoms with Gasteiger partial charge in [0.05, 0.1) is 6.42 Å². The summed E-state index contributed by atoms with van der Waals surface area (Å²) in [5.41, 5.74) is 1.61. The first-order valence-corrected chi connectivity index (χ1v) is 8.11. The van der Waals surface area contributed by atoms with Crippen LogP contribution in [0.1, 0.15) is 23.5 Å². The molecule has 1 amide bonds. The molecule has 124 valence electrons. The molecule has 5 heteroatoms. The van der Waals surface area contributed by atoms with E-state index in [0.717, 1.165) is 23.5 Å². The van der Waals surface area contributed by atoms with Gasteiger partial charge in [-0.2, -0.15) is 0 Å². The number of carbonyl (C=O) groups is 1. The van der Waals surface area contributed by atoms with Crippen molar-refractivity contribution in [1.82, 2.24) is 4.90 Å². The Morgan fingerprint density at radius 1 is 1.17 bits per heavy atom. The standard InChI is InChI=1S/C19H18FNO3/c20-16-4-2-1-3-14(16)10-19(22)21-8-7-15(11-21)13-5-6-17-18(9-13)24-12-23-17/h1-6,9,15H,7-8,10-12H2/t15-/m1/s1. The molecule has 2 aromatic carbocycles. The van der Waals surface area contributed by atoms with Crippen molar-refractivity contribution in [3.63, 3.8) is 0 Å². The molecule has 0 saturated carbocycles. The number of nitrogens with zero attached hydrogens (tertiary/aromatic N) is 1. The lowest BCUT2D eigenvalue weighted by atomic mass is 9.98. The van der Waals surface area contributed by atoms with E-state index in [9.17, 15) is 9.18 Å². The number of carbonyl (C=O) groups excluding carboxylic acids is 1. The zero-order valence-corrected chi connectivity index (χ0v) is 13.2. The summed E-state index contributed by atoms with van der Waals surface area (Å²) in [6, 6.07) is 12.4. The topological polar surface area (TPSA) is 38.8 Å². The van der Waals surface area contributed by atoms with Crippen molar-refractivity contribution < 1.29 is 18.7 Å². The first-order valence-electron chi connectivity index (χ1n) is 8.11. The number of hydrogen-bond acceptors (Lipinski definition) is 3. The Morgan fingerprint density at radius 2 is 2.00 bits per heavy atom. The van der Waals surface area contributed by atoms with Gasteiger partial charge in [-0.15, -0.1) is 0 Å². The van der Waals surface area contributed by atoms with Gasteiger partial charge in [0.25, 0.3) is 0 Å². The summed E-state index contributed by atoms with van der Waals surface area (Å²) in [6.45, 7) is 1.62. The Hall–Kier alpha value is -2.56. The summed E-state index contributed by atoms with van der Waals surface area (Å²) in [5.74, 6) is 1.47. The molecule has 4 rings (SSSR count). The summed E-state index contributed by atoms with van der Waals surface area (Å²) in [5, 5.41) is 0. The quantitative estimate of drug-likeness (QED) is 0.869. The smallest absolute Gasteiger partial charge is 0.231 e. The highest BCUT2D eigenvalue weighted by atomic mass is 19.1. The van der Waals surface area contributed by atoms with Crippen molar-refractivity contribution in [2.75, 3.05) is 19.9 Å². The second kappa shape index (κ2) is 6.15. The molecule has 1 atom stereocenters. The second-order valence-electron chi connectivity index (χ2n) is 6.21. The van der Waals surface area contributed by atoms with E-state index in [4.69, 9.17) is 9.47 Å². The number of likely N-dealkylation sites (tertiary alicyclic amines) is 1. The van der Waals surface area contributed by atoms with Crippen LogP contribution in [0.5, 0.6) is 11.5 Å². The predicted octanol–water partition coefficient (Wildman–Crippen LogP) is 3.11. The maximum Gasteiger partial charge on any atom is 0.231 e. The van der Waals surface area contributed by atoms with Crippen LogP contribution in [0.25, 0.3) is 0 Å². The normalized spacial score (nSPS) is 18.9. The molecule has 0 N–H and O–H groups in total. The lowest BCUT2D eigenvalue weighted by Gasteiger charge is -2.17. The molecular weight excluding hydrogens is 309 g/mol. The number of hydrogen-bond donors (Lipinski definition) is 0. The molecule has 1 fully saturated rings. The van der Waals surface area contributed by atoms with Crippen LogP contribution in [0.15, 0.2) is 42.5 Å². The number of halogens is 1. The van der Waals surface area contributed by atoms with E-state index in [1.165, 1.54) is 6.07 Å². The Bertz CT molecular complexity index is 777. The Balaban J connectivity index is 1.43. The summed E-state index contributed by atoms with van der Waals surface area (Å²) in [6.07, 6.45) is 1.02. The van der Waals surface area contributed by atoms with E-state index in [0.29, 0.717) is 18.7 Å². The Labute approximate surface area is 139 Å². The molecule has 2 heterocycles. The van der Waals surface area contributed by atoms with Crippen LogP contribution in [-0.4, -0.2) is 30.7 Å². The minimum Gasteiger partial charge on any atom is -0.454 e.